The van der Waals surface area contributed by atoms with E-state index >= 15 is 0 Å². The van der Waals surface area contributed by atoms with Gasteiger partial charge in [-0.3, -0.25) is 9.78 Å². The lowest BCUT2D eigenvalue weighted by Gasteiger charge is -2.06. The number of anilines is 1. The van der Waals surface area contributed by atoms with Gasteiger partial charge in [0, 0.05) is 37.5 Å². The van der Waals surface area contributed by atoms with Crippen LogP contribution in [0, 0.1) is 0 Å². The predicted octanol–water partition coefficient (Wildman–Crippen LogP) is 2.03. The molecule has 2 rings (SSSR count). The van der Waals surface area contributed by atoms with Gasteiger partial charge in [0.15, 0.2) is 5.69 Å². The van der Waals surface area contributed by atoms with Gasteiger partial charge < -0.3 is 15.2 Å². The molecule has 6 nitrogen and oxygen atoms in total. The fourth-order valence-corrected chi connectivity index (χ4v) is 1.61. The number of amides is 1. The maximum atomic E-state index is 11.8. The maximum absolute atomic E-state index is 11.8. The molecule has 106 valence electrons. The lowest BCUT2D eigenvalue weighted by atomic mass is 10.1. The van der Waals surface area contributed by atoms with Gasteiger partial charge in [0.2, 0.25) is 0 Å². The van der Waals surface area contributed by atoms with Crippen LogP contribution in [0.3, 0.4) is 0 Å². The number of aromatic nitrogens is 2. The number of hydrogen-bond acceptors (Lipinski definition) is 5. The Labute approximate surface area is 117 Å². The zero-order valence-corrected chi connectivity index (χ0v) is 11.6. The Morgan fingerprint density at radius 3 is 2.90 bits per heavy atom. The number of pyridine rings is 1. The molecule has 2 aromatic heterocycles. The van der Waals surface area contributed by atoms with Crippen LogP contribution in [0.5, 0.6) is 0 Å². The summed E-state index contributed by atoms with van der Waals surface area (Å²) < 4.78 is 5.09. The van der Waals surface area contributed by atoms with Gasteiger partial charge in [-0.1, -0.05) is 19.0 Å². The molecule has 0 unspecified atom stereocenters. The number of carbonyl (C=O) groups excluding carboxylic acids is 1. The smallest absolute Gasteiger partial charge is 0.273 e. The Morgan fingerprint density at radius 1 is 1.40 bits per heavy atom. The fourth-order valence-electron chi connectivity index (χ4n) is 1.61. The Bertz CT molecular complexity index is 551. The summed E-state index contributed by atoms with van der Waals surface area (Å²) in [6, 6.07) is 5.44. The van der Waals surface area contributed by atoms with Crippen LogP contribution in [0.2, 0.25) is 0 Å². The SMILES string of the molecule is CC(C)c1cc(C(=O)NCCNc2cccnc2)no1. The number of nitrogens with one attached hydrogen (secondary N) is 2. The van der Waals surface area contributed by atoms with Crippen molar-refractivity contribution in [1.82, 2.24) is 15.5 Å². The molecular formula is C14H18N4O2. The van der Waals surface area contributed by atoms with Crippen LogP contribution in [0.4, 0.5) is 5.69 Å². The van der Waals surface area contributed by atoms with Crippen molar-refractivity contribution in [2.45, 2.75) is 19.8 Å². The lowest BCUT2D eigenvalue weighted by Crippen LogP contribution is -2.28. The van der Waals surface area contributed by atoms with Crippen LogP contribution in [-0.4, -0.2) is 29.1 Å². The van der Waals surface area contributed by atoms with Gasteiger partial charge in [-0.05, 0) is 12.1 Å². The van der Waals surface area contributed by atoms with Crippen molar-refractivity contribution in [3.8, 4) is 0 Å². The molecule has 2 heterocycles. The van der Waals surface area contributed by atoms with Crippen molar-refractivity contribution in [2.24, 2.45) is 0 Å². The highest BCUT2D eigenvalue weighted by atomic mass is 16.5. The Balaban J connectivity index is 1.75. The van der Waals surface area contributed by atoms with E-state index in [1.54, 1.807) is 18.5 Å². The number of hydrogen-bond donors (Lipinski definition) is 2. The van der Waals surface area contributed by atoms with E-state index in [-0.39, 0.29) is 11.8 Å². The molecule has 20 heavy (non-hydrogen) atoms. The Morgan fingerprint density at radius 2 is 2.25 bits per heavy atom. The zero-order valence-electron chi connectivity index (χ0n) is 11.6. The van der Waals surface area contributed by atoms with Crippen molar-refractivity contribution < 1.29 is 9.32 Å². The fraction of sp³-hybridized carbons (Fsp3) is 0.357. The first kappa shape index (κ1) is 14.0. The molecule has 0 aromatic carbocycles. The molecule has 0 radical (unpaired) electrons. The van der Waals surface area contributed by atoms with Gasteiger partial charge >= 0.3 is 0 Å². The minimum Gasteiger partial charge on any atom is -0.382 e. The molecule has 0 aliphatic rings. The lowest BCUT2D eigenvalue weighted by molar-refractivity contribution is 0.0946. The summed E-state index contributed by atoms with van der Waals surface area (Å²) in [5, 5.41) is 9.69. The average Bonchev–Trinajstić information content (AvgIpc) is 2.94. The minimum atomic E-state index is -0.228. The minimum absolute atomic E-state index is 0.219. The maximum Gasteiger partial charge on any atom is 0.273 e. The molecular weight excluding hydrogens is 256 g/mol. The summed E-state index contributed by atoms with van der Waals surface area (Å²) in [6.45, 7) is 5.09. The highest BCUT2D eigenvalue weighted by Crippen LogP contribution is 2.14. The summed E-state index contributed by atoms with van der Waals surface area (Å²) in [6.07, 6.45) is 3.44. The third-order valence-electron chi connectivity index (χ3n) is 2.73. The average molecular weight is 274 g/mol. The first-order chi connectivity index (χ1) is 9.66. The summed E-state index contributed by atoms with van der Waals surface area (Å²) in [5.74, 6) is 0.702. The first-order valence-electron chi connectivity index (χ1n) is 6.55. The molecule has 6 heteroatoms. The van der Waals surface area contributed by atoms with Gasteiger partial charge in [0.05, 0.1) is 5.69 Å². The van der Waals surface area contributed by atoms with E-state index in [1.165, 1.54) is 0 Å². The van der Waals surface area contributed by atoms with Crippen LogP contribution in [0.25, 0.3) is 0 Å². The van der Waals surface area contributed by atoms with Crippen LogP contribution in [0.15, 0.2) is 35.1 Å². The van der Waals surface area contributed by atoms with Gasteiger partial charge in [-0.2, -0.15) is 0 Å². The molecule has 0 fully saturated rings. The topological polar surface area (TPSA) is 80.0 Å². The second-order valence-corrected chi connectivity index (χ2v) is 4.69. The first-order valence-corrected chi connectivity index (χ1v) is 6.55. The third-order valence-corrected chi connectivity index (χ3v) is 2.73. The summed E-state index contributed by atoms with van der Waals surface area (Å²) in [4.78, 5) is 15.8. The van der Waals surface area contributed by atoms with Crippen molar-refractivity contribution >= 4 is 11.6 Å². The zero-order chi connectivity index (χ0) is 14.4. The molecule has 2 N–H and O–H groups in total. The monoisotopic (exact) mass is 274 g/mol. The number of rotatable bonds is 6. The molecule has 1 amide bonds. The second kappa shape index (κ2) is 6.70. The van der Waals surface area contributed by atoms with Gasteiger partial charge in [0.25, 0.3) is 5.91 Å². The summed E-state index contributed by atoms with van der Waals surface area (Å²) in [5.41, 5.74) is 1.24. The van der Waals surface area contributed by atoms with Crippen molar-refractivity contribution in [2.75, 3.05) is 18.4 Å². The van der Waals surface area contributed by atoms with Crippen molar-refractivity contribution in [3.63, 3.8) is 0 Å². The summed E-state index contributed by atoms with van der Waals surface area (Å²) in [7, 11) is 0. The largest absolute Gasteiger partial charge is 0.382 e. The van der Waals surface area contributed by atoms with Gasteiger partial charge in [0.1, 0.15) is 5.76 Å². The van der Waals surface area contributed by atoms with Crippen LogP contribution >= 0.6 is 0 Å². The van der Waals surface area contributed by atoms with Crippen molar-refractivity contribution in [1.29, 1.82) is 0 Å². The van der Waals surface area contributed by atoms with Crippen molar-refractivity contribution in [3.05, 3.63) is 42.0 Å². The van der Waals surface area contributed by atoms with E-state index in [9.17, 15) is 4.79 Å². The molecule has 0 aliphatic heterocycles. The van der Waals surface area contributed by atoms with E-state index in [4.69, 9.17) is 4.52 Å². The molecule has 0 atom stereocenters. The highest BCUT2D eigenvalue weighted by molar-refractivity contribution is 5.92. The summed E-state index contributed by atoms with van der Waals surface area (Å²) >= 11 is 0. The molecule has 0 spiro atoms. The van der Waals surface area contributed by atoms with E-state index in [0.717, 1.165) is 5.69 Å². The van der Waals surface area contributed by atoms with E-state index in [1.807, 2.05) is 26.0 Å². The van der Waals surface area contributed by atoms with Gasteiger partial charge in [-0.25, -0.2) is 0 Å². The Hall–Kier alpha value is -2.37. The van der Waals surface area contributed by atoms with Crippen LogP contribution in [-0.2, 0) is 0 Å². The number of carbonyl (C=O) groups is 1. The standard InChI is InChI=1S/C14H18N4O2/c1-10(2)13-8-12(18-20-13)14(19)17-7-6-16-11-4-3-5-15-9-11/h3-5,8-10,16H,6-7H2,1-2H3,(H,17,19). The molecule has 0 aliphatic carbocycles. The van der Waals surface area contributed by atoms with Crippen LogP contribution < -0.4 is 10.6 Å². The van der Waals surface area contributed by atoms with E-state index in [2.05, 4.69) is 20.8 Å². The second-order valence-electron chi connectivity index (χ2n) is 4.69. The highest BCUT2D eigenvalue weighted by Gasteiger charge is 2.13. The van der Waals surface area contributed by atoms with E-state index < -0.39 is 0 Å². The quantitative estimate of drug-likeness (QED) is 0.788. The van der Waals surface area contributed by atoms with Gasteiger partial charge in [-0.15, -0.1) is 0 Å². The normalized spacial score (nSPS) is 10.6. The Kier molecular flexibility index (Phi) is 4.70. The molecule has 0 bridgehead atoms. The van der Waals surface area contributed by atoms with E-state index in [0.29, 0.717) is 24.5 Å². The molecule has 2 aromatic rings. The van der Waals surface area contributed by atoms with Crippen LogP contribution in [0.1, 0.15) is 36.0 Å². The molecule has 0 saturated heterocycles. The molecule has 0 saturated carbocycles. The third kappa shape index (κ3) is 3.81. The number of nitrogens with zero attached hydrogens (tertiary/aromatic N) is 2. The predicted molar refractivity (Wildman–Crippen MR) is 75.7 cm³/mol.